The van der Waals surface area contributed by atoms with E-state index >= 15 is 0 Å². The number of aliphatic hydroxyl groups is 1. The van der Waals surface area contributed by atoms with Gasteiger partial charge in [-0.3, -0.25) is 0 Å². The molecule has 1 rings (SSSR count). The average molecular weight is 184 g/mol. The standard InChI is InChI=1S/C9H12O4/c1-5(10)2-7-8(12)3-6(11)4-9(7)13/h3-5,10-13H,2H2,1H3/t5-/m0/s1. The minimum atomic E-state index is -0.652. The van der Waals surface area contributed by atoms with Gasteiger partial charge in [0.05, 0.1) is 6.10 Å². The quantitative estimate of drug-likeness (QED) is 0.546. The molecule has 0 fully saturated rings. The molecule has 1 aromatic rings. The summed E-state index contributed by atoms with van der Waals surface area (Å²) >= 11 is 0. The van der Waals surface area contributed by atoms with E-state index in [1.165, 1.54) is 0 Å². The molecule has 72 valence electrons. The molecular weight excluding hydrogens is 172 g/mol. The topological polar surface area (TPSA) is 80.9 Å². The van der Waals surface area contributed by atoms with Gasteiger partial charge in [0.25, 0.3) is 0 Å². The molecule has 4 N–H and O–H groups in total. The molecule has 0 heterocycles. The van der Waals surface area contributed by atoms with Crippen LogP contribution in [0, 0.1) is 0 Å². The number of phenols is 3. The summed E-state index contributed by atoms with van der Waals surface area (Å²) in [6.45, 7) is 1.55. The molecule has 1 atom stereocenters. The molecule has 0 radical (unpaired) electrons. The molecule has 0 aliphatic rings. The van der Waals surface area contributed by atoms with Crippen LogP contribution in [-0.2, 0) is 6.42 Å². The molecule has 0 bridgehead atoms. The van der Waals surface area contributed by atoms with Gasteiger partial charge in [-0.15, -0.1) is 0 Å². The summed E-state index contributed by atoms with van der Waals surface area (Å²) in [7, 11) is 0. The second kappa shape index (κ2) is 3.53. The van der Waals surface area contributed by atoms with Gasteiger partial charge in [-0.05, 0) is 6.92 Å². The van der Waals surface area contributed by atoms with E-state index in [9.17, 15) is 10.2 Å². The van der Waals surface area contributed by atoms with Crippen molar-refractivity contribution in [2.75, 3.05) is 0 Å². The first-order valence-electron chi connectivity index (χ1n) is 3.92. The highest BCUT2D eigenvalue weighted by atomic mass is 16.3. The summed E-state index contributed by atoms with van der Waals surface area (Å²) in [4.78, 5) is 0. The number of hydrogen-bond donors (Lipinski definition) is 4. The van der Waals surface area contributed by atoms with Crippen LogP contribution in [0.3, 0.4) is 0 Å². The van der Waals surface area contributed by atoms with Crippen LogP contribution in [0.4, 0.5) is 0 Å². The van der Waals surface area contributed by atoms with Crippen LogP contribution in [0.15, 0.2) is 12.1 Å². The van der Waals surface area contributed by atoms with Gasteiger partial charge >= 0.3 is 0 Å². The minimum Gasteiger partial charge on any atom is -0.508 e. The second-order valence-corrected chi connectivity index (χ2v) is 3.02. The Kier molecular flexibility index (Phi) is 2.63. The lowest BCUT2D eigenvalue weighted by Crippen LogP contribution is -2.04. The Morgan fingerprint density at radius 3 is 2.00 bits per heavy atom. The molecule has 4 nitrogen and oxygen atoms in total. The van der Waals surface area contributed by atoms with Crippen molar-refractivity contribution in [1.29, 1.82) is 0 Å². The summed E-state index contributed by atoms with van der Waals surface area (Å²) in [5, 5.41) is 36.6. The van der Waals surface area contributed by atoms with Crippen molar-refractivity contribution in [3.05, 3.63) is 17.7 Å². The van der Waals surface area contributed by atoms with Crippen molar-refractivity contribution in [3.63, 3.8) is 0 Å². The summed E-state index contributed by atoms with van der Waals surface area (Å²) in [6.07, 6.45) is -0.501. The molecule has 0 saturated heterocycles. The molecule has 0 aliphatic carbocycles. The first-order chi connectivity index (χ1) is 6.00. The van der Waals surface area contributed by atoms with Crippen molar-refractivity contribution in [2.45, 2.75) is 19.4 Å². The molecule has 0 aromatic heterocycles. The first kappa shape index (κ1) is 9.67. The SMILES string of the molecule is C[C@H](O)Cc1c(O)cc(O)cc1O. The number of aromatic hydroxyl groups is 3. The zero-order valence-corrected chi connectivity index (χ0v) is 7.23. The van der Waals surface area contributed by atoms with E-state index in [1.807, 2.05) is 0 Å². The van der Waals surface area contributed by atoms with Crippen molar-refractivity contribution >= 4 is 0 Å². The Hall–Kier alpha value is -1.42. The Labute approximate surface area is 75.7 Å². The third kappa shape index (κ3) is 2.26. The van der Waals surface area contributed by atoms with Gasteiger partial charge < -0.3 is 20.4 Å². The highest BCUT2D eigenvalue weighted by molar-refractivity contribution is 5.48. The third-order valence-corrected chi connectivity index (χ3v) is 1.69. The van der Waals surface area contributed by atoms with E-state index in [-0.39, 0.29) is 29.2 Å². The molecule has 0 saturated carbocycles. The molecule has 0 amide bonds. The molecular formula is C9H12O4. The van der Waals surface area contributed by atoms with Gasteiger partial charge in [0, 0.05) is 24.1 Å². The lowest BCUT2D eigenvalue weighted by molar-refractivity contribution is 0.193. The van der Waals surface area contributed by atoms with Crippen LogP contribution >= 0.6 is 0 Å². The van der Waals surface area contributed by atoms with Gasteiger partial charge in [0.15, 0.2) is 0 Å². The van der Waals surface area contributed by atoms with Crippen molar-refractivity contribution in [1.82, 2.24) is 0 Å². The van der Waals surface area contributed by atoms with Crippen molar-refractivity contribution < 1.29 is 20.4 Å². The maximum absolute atomic E-state index is 9.29. The Morgan fingerprint density at radius 1 is 1.15 bits per heavy atom. The normalized spacial score (nSPS) is 12.8. The smallest absolute Gasteiger partial charge is 0.126 e. The fraction of sp³-hybridized carbons (Fsp3) is 0.333. The van der Waals surface area contributed by atoms with E-state index in [1.54, 1.807) is 6.92 Å². The minimum absolute atomic E-state index is 0.151. The fourth-order valence-electron chi connectivity index (χ4n) is 1.13. The van der Waals surface area contributed by atoms with Crippen LogP contribution in [-0.4, -0.2) is 26.5 Å². The molecule has 0 unspecified atom stereocenters. The predicted molar refractivity (Wildman–Crippen MR) is 46.8 cm³/mol. The number of aliphatic hydroxyl groups excluding tert-OH is 1. The average Bonchev–Trinajstić information content (AvgIpc) is 1.96. The maximum atomic E-state index is 9.29. The Balaban J connectivity index is 3.06. The Bertz CT molecular complexity index is 283. The van der Waals surface area contributed by atoms with Crippen LogP contribution in [0.2, 0.25) is 0 Å². The van der Waals surface area contributed by atoms with Crippen LogP contribution < -0.4 is 0 Å². The van der Waals surface area contributed by atoms with Gasteiger partial charge in [-0.25, -0.2) is 0 Å². The van der Waals surface area contributed by atoms with Gasteiger partial charge in [0.1, 0.15) is 17.2 Å². The molecule has 13 heavy (non-hydrogen) atoms. The molecule has 1 aromatic carbocycles. The van der Waals surface area contributed by atoms with Crippen LogP contribution in [0.25, 0.3) is 0 Å². The summed E-state index contributed by atoms with van der Waals surface area (Å²) in [5.74, 6) is -0.624. The Morgan fingerprint density at radius 2 is 1.62 bits per heavy atom. The first-order valence-corrected chi connectivity index (χ1v) is 3.92. The van der Waals surface area contributed by atoms with Crippen molar-refractivity contribution in [3.8, 4) is 17.2 Å². The largest absolute Gasteiger partial charge is 0.508 e. The lowest BCUT2D eigenvalue weighted by Gasteiger charge is -2.09. The van der Waals surface area contributed by atoms with E-state index in [4.69, 9.17) is 10.2 Å². The number of benzene rings is 1. The molecule has 4 heteroatoms. The highest BCUT2D eigenvalue weighted by Crippen LogP contribution is 2.32. The predicted octanol–water partition coefficient (Wildman–Crippen LogP) is 0.727. The maximum Gasteiger partial charge on any atom is 0.126 e. The third-order valence-electron chi connectivity index (χ3n) is 1.69. The van der Waals surface area contributed by atoms with Gasteiger partial charge in [0.2, 0.25) is 0 Å². The second-order valence-electron chi connectivity index (χ2n) is 3.02. The van der Waals surface area contributed by atoms with E-state index in [0.717, 1.165) is 12.1 Å². The summed E-state index contributed by atoms with van der Waals surface area (Å²) in [5.41, 5.74) is 0.243. The summed E-state index contributed by atoms with van der Waals surface area (Å²) in [6, 6.07) is 2.24. The van der Waals surface area contributed by atoms with Gasteiger partial charge in [-0.2, -0.15) is 0 Å². The number of phenolic OH excluding ortho intramolecular Hbond substituents is 3. The fourth-order valence-corrected chi connectivity index (χ4v) is 1.13. The number of hydrogen-bond acceptors (Lipinski definition) is 4. The molecule has 0 spiro atoms. The van der Waals surface area contributed by atoms with Crippen LogP contribution in [0.5, 0.6) is 17.2 Å². The zero-order chi connectivity index (χ0) is 10.0. The lowest BCUT2D eigenvalue weighted by atomic mass is 10.1. The summed E-state index contributed by atoms with van der Waals surface area (Å²) < 4.78 is 0. The molecule has 0 aliphatic heterocycles. The van der Waals surface area contributed by atoms with E-state index in [2.05, 4.69) is 0 Å². The highest BCUT2D eigenvalue weighted by Gasteiger charge is 2.11. The zero-order valence-electron chi connectivity index (χ0n) is 7.23. The van der Waals surface area contributed by atoms with Crippen molar-refractivity contribution in [2.24, 2.45) is 0 Å². The van der Waals surface area contributed by atoms with Crippen LogP contribution in [0.1, 0.15) is 12.5 Å². The van der Waals surface area contributed by atoms with E-state index < -0.39 is 6.10 Å². The number of rotatable bonds is 2. The van der Waals surface area contributed by atoms with E-state index in [0.29, 0.717) is 0 Å². The monoisotopic (exact) mass is 184 g/mol. The van der Waals surface area contributed by atoms with Gasteiger partial charge in [-0.1, -0.05) is 0 Å².